The second-order valence-electron chi connectivity index (χ2n) is 2.99. The molecule has 0 saturated heterocycles. The number of rotatable bonds is 2. The van der Waals surface area contributed by atoms with Crippen molar-refractivity contribution in [2.75, 3.05) is 6.54 Å². The van der Waals surface area contributed by atoms with E-state index in [0.29, 0.717) is 16.7 Å². The maximum absolute atomic E-state index is 10.9. The molecule has 74 valence electrons. The summed E-state index contributed by atoms with van der Waals surface area (Å²) >= 11 is 0. The van der Waals surface area contributed by atoms with Crippen molar-refractivity contribution in [2.24, 2.45) is 5.73 Å². The van der Waals surface area contributed by atoms with Crippen LogP contribution < -0.4 is 11.5 Å². The second kappa shape index (κ2) is 3.28. The van der Waals surface area contributed by atoms with Gasteiger partial charge in [-0.3, -0.25) is 4.98 Å². The van der Waals surface area contributed by atoms with Crippen LogP contribution in [0.2, 0.25) is 0 Å². The Bertz CT molecular complexity index is 500. The standard InChI is InChI=1S/C9H10N2O3/c10-4-7(12)5-2-1-3-6-8(5)14-9(13)11-6/h1-3,7,12H,4,10H2,(H,11,13). The summed E-state index contributed by atoms with van der Waals surface area (Å²) in [7, 11) is 0. The summed E-state index contributed by atoms with van der Waals surface area (Å²) in [4.78, 5) is 13.4. The van der Waals surface area contributed by atoms with Gasteiger partial charge in [0.25, 0.3) is 0 Å². The van der Waals surface area contributed by atoms with Gasteiger partial charge in [-0.05, 0) is 6.07 Å². The fourth-order valence-corrected chi connectivity index (χ4v) is 1.38. The van der Waals surface area contributed by atoms with Gasteiger partial charge in [0.1, 0.15) is 0 Å². The smallest absolute Gasteiger partial charge is 0.407 e. The third kappa shape index (κ3) is 1.32. The summed E-state index contributed by atoms with van der Waals surface area (Å²) in [5.74, 6) is -0.531. The number of nitrogens with two attached hydrogens (primary N) is 1. The molecule has 0 saturated carbocycles. The molecule has 1 aromatic heterocycles. The van der Waals surface area contributed by atoms with Crippen LogP contribution >= 0.6 is 0 Å². The zero-order valence-corrected chi connectivity index (χ0v) is 7.36. The van der Waals surface area contributed by atoms with Gasteiger partial charge >= 0.3 is 5.76 Å². The van der Waals surface area contributed by atoms with Gasteiger partial charge in [-0.25, -0.2) is 4.79 Å². The number of benzene rings is 1. The fourth-order valence-electron chi connectivity index (χ4n) is 1.38. The SMILES string of the molecule is NCC(O)c1cccc2[nH]c(=O)oc12. The Labute approximate surface area is 79.2 Å². The van der Waals surface area contributed by atoms with Gasteiger partial charge in [0.15, 0.2) is 5.58 Å². The number of hydrogen-bond donors (Lipinski definition) is 3. The van der Waals surface area contributed by atoms with Gasteiger partial charge in [-0.1, -0.05) is 12.1 Å². The molecule has 1 unspecified atom stereocenters. The molecule has 0 aliphatic rings. The highest BCUT2D eigenvalue weighted by atomic mass is 16.4. The van der Waals surface area contributed by atoms with E-state index in [1.54, 1.807) is 18.2 Å². The minimum Gasteiger partial charge on any atom is -0.407 e. The number of fused-ring (bicyclic) bond motifs is 1. The first-order valence-corrected chi connectivity index (χ1v) is 4.22. The third-order valence-electron chi connectivity index (χ3n) is 2.06. The first kappa shape index (κ1) is 8.98. The van der Waals surface area contributed by atoms with E-state index in [4.69, 9.17) is 10.2 Å². The number of aromatic amines is 1. The van der Waals surface area contributed by atoms with E-state index in [0.717, 1.165) is 0 Å². The molecule has 5 heteroatoms. The molecular weight excluding hydrogens is 184 g/mol. The quantitative estimate of drug-likeness (QED) is 0.632. The average Bonchev–Trinajstić information content (AvgIpc) is 2.56. The molecule has 0 aliphatic heterocycles. The van der Waals surface area contributed by atoms with Crippen LogP contribution in [0.3, 0.4) is 0 Å². The predicted molar refractivity (Wildman–Crippen MR) is 50.8 cm³/mol. The summed E-state index contributed by atoms with van der Waals surface area (Å²) in [5.41, 5.74) is 6.79. The Balaban J connectivity index is 2.70. The number of aliphatic hydroxyl groups excluding tert-OH is 1. The summed E-state index contributed by atoms with van der Waals surface area (Å²) in [6.07, 6.45) is -0.808. The maximum Gasteiger partial charge on any atom is 0.417 e. The van der Waals surface area contributed by atoms with Gasteiger partial charge < -0.3 is 15.3 Å². The van der Waals surface area contributed by atoms with E-state index < -0.39 is 11.9 Å². The Morgan fingerprint density at radius 1 is 1.57 bits per heavy atom. The number of aromatic nitrogens is 1. The van der Waals surface area contributed by atoms with Crippen LogP contribution in [-0.4, -0.2) is 16.6 Å². The third-order valence-corrected chi connectivity index (χ3v) is 2.06. The summed E-state index contributed by atoms with van der Waals surface area (Å²) in [5, 5.41) is 9.54. The van der Waals surface area contributed by atoms with Crippen molar-refractivity contribution in [3.8, 4) is 0 Å². The van der Waals surface area contributed by atoms with Crippen molar-refractivity contribution in [2.45, 2.75) is 6.10 Å². The highest BCUT2D eigenvalue weighted by Gasteiger charge is 2.12. The number of nitrogens with one attached hydrogen (secondary N) is 1. The minimum atomic E-state index is -0.808. The van der Waals surface area contributed by atoms with Crippen molar-refractivity contribution >= 4 is 11.1 Å². The molecule has 0 bridgehead atoms. The minimum absolute atomic E-state index is 0.0913. The molecule has 0 aliphatic carbocycles. The molecule has 0 radical (unpaired) electrons. The lowest BCUT2D eigenvalue weighted by molar-refractivity contribution is 0.187. The van der Waals surface area contributed by atoms with Crippen LogP contribution in [0.15, 0.2) is 27.4 Å². The average molecular weight is 194 g/mol. The largest absolute Gasteiger partial charge is 0.417 e. The number of aliphatic hydroxyl groups is 1. The number of oxazole rings is 1. The number of para-hydroxylation sites is 1. The highest BCUT2D eigenvalue weighted by Crippen LogP contribution is 2.21. The van der Waals surface area contributed by atoms with Gasteiger partial charge in [-0.2, -0.15) is 0 Å². The molecular formula is C9H10N2O3. The maximum atomic E-state index is 10.9. The second-order valence-corrected chi connectivity index (χ2v) is 2.99. The molecule has 14 heavy (non-hydrogen) atoms. The van der Waals surface area contributed by atoms with Crippen LogP contribution in [0.25, 0.3) is 11.1 Å². The van der Waals surface area contributed by atoms with E-state index in [9.17, 15) is 9.90 Å². The molecule has 0 spiro atoms. The first-order chi connectivity index (χ1) is 6.72. The Morgan fingerprint density at radius 2 is 2.36 bits per heavy atom. The van der Waals surface area contributed by atoms with E-state index in [-0.39, 0.29) is 6.54 Å². The summed E-state index contributed by atoms with van der Waals surface area (Å²) in [6.45, 7) is 0.0913. The lowest BCUT2D eigenvalue weighted by atomic mass is 10.1. The van der Waals surface area contributed by atoms with Crippen molar-refractivity contribution in [3.63, 3.8) is 0 Å². The van der Waals surface area contributed by atoms with E-state index >= 15 is 0 Å². The van der Waals surface area contributed by atoms with Crippen LogP contribution in [0.5, 0.6) is 0 Å². The summed E-state index contributed by atoms with van der Waals surface area (Å²) in [6, 6.07) is 5.10. The molecule has 2 rings (SSSR count). The molecule has 0 fully saturated rings. The summed E-state index contributed by atoms with van der Waals surface area (Å²) < 4.78 is 4.90. The van der Waals surface area contributed by atoms with Crippen molar-refractivity contribution in [1.29, 1.82) is 0 Å². The van der Waals surface area contributed by atoms with Crippen LogP contribution in [0, 0.1) is 0 Å². The van der Waals surface area contributed by atoms with Gasteiger partial charge in [0.2, 0.25) is 0 Å². The van der Waals surface area contributed by atoms with Crippen LogP contribution in [-0.2, 0) is 0 Å². The van der Waals surface area contributed by atoms with Crippen LogP contribution in [0.4, 0.5) is 0 Å². The lowest BCUT2D eigenvalue weighted by Gasteiger charge is -2.06. The molecule has 1 heterocycles. The lowest BCUT2D eigenvalue weighted by Crippen LogP contribution is -2.11. The Kier molecular flexibility index (Phi) is 2.11. The zero-order chi connectivity index (χ0) is 10.1. The number of H-pyrrole nitrogens is 1. The number of hydrogen-bond acceptors (Lipinski definition) is 4. The van der Waals surface area contributed by atoms with Gasteiger partial charge in [0.05, 0.1) is 11.6 Å². The predicted octanol–water partition coefficient (Wildman–Crippen LogP) is 0.113. The molecule has 4 N–H and O–H groups in total. The Morgan fingerprint density at radius 3 is 3.07 bits per heavy atom. The van der Waals surface area contributed by atoms with E-state index in [1.165, 1.54) is 0 Å². The monoisotopic (exact) mass is 194 g/mol. The highest BCUT2D eigenvalue weighted by molar-refractivity contribution is 5.76. The molecule has 1 atom stereocenters. The Hall–Kier alpha value is -1.59. The zero-order valence-electron chi connectivity index (χ0n) is 7.36. The van der Waals surface area contributed by atoms with E-state index in [1.807, 2.05) is 0 Å². The molecule has 0 amide bonds. The van der Waals surface area contributed by atoms with Crippen molar-refractivity contribution in [3.05, 3.63) is 34.3 Å². The molecule has 1 aromatic carbocycles. The van der Waals surface area contributed by atoms with Crippen molar-refractivity contribution in [1.82, 2.24) is 4.98 Å². The first-order valence-electron chi connectivity index (χ1n) is 4.22. The van der Waals surface area contributed by atoms with Crippen molar-refractivity contribution < 1.29 is 9.52 Å². The van der Waals surface area contributed by atoms with E-state index in [2.05, 4.69) is 4.98 Å². The topological polar surface area (TPSA) is 92.2 Å². The molecule has 5 nitrogen and oxygen atoms in total. The fraction of sp³-hybridized carbons (Fsp3) is 0.222. The molecule has 2 aromatic rings. The normalized spacial score (nSPS) is 13.3. The van der Waals surface area contributed by atoms with Gasteiger partial charge in [-0.15, -0.1) is 0 Å². The van der Waals surface area contributed by atoms with Gasteiger partial charge in [0, 0.05) is 12.1 Å². The van der Waals surface area contributed by atoms with Crippen LogP contribution in [0.1, 0.15) is 11.7 Å².